The Morgan fingerprint density at radius 1 is 1.25 bits per heavy atom. The highest BCUT2D eigenvalue weighted by molar-refractivity contribution is 6.08. The SMILES string of the molecule is CC[C@]1(c2ccccc2)NC(=O)N(NC(=O)CC2CCCC2)C1=O. The van der Waals surface area contributed by atoms with Gasteiger partial charge in [-0.3, -0.25) is 15.0 Å². The Hall–Kier alpha value is -2.37. The van der Waals surface area contributed by atoms with Crippen LogP contribution in [0.2, 0.25) is 0 Å². The maximum atomic E-state index is 12.9. The van der Waals surface area contributed by atoms with E-state index in [-0.39, 0.29) is 5.91 Å². The van der Waals surface area contributed by atoms with Gasteiger partial charge in [0.2, 0.25) is 5.91 Å². The number of imide groups is 1. The highest BCUT2D eigenvalue weighted by Crippen LogP contribution is 2.32. The van der Waals surface area contributed by atoms with Gasteiger partial charge in [0.05, 0.1) is 0 Å². The van der Waals surface area contributed by atoms with Crippen molar-refractivity contribution in [1.29, 1.82) is 0 Å². The number of hydrogen-bond donors (Lipinski definition) is 2. The number of carbonyl (C=O) groups is 3. The number of urea groups is 1. The topological polar surface area (TPSA) is 78.5 Å². The Balaban J connectivity index is 1.74. The molecule has 0 aromatic heterocycles. The highest BCUT2D eigenvalue weighted by atomic mass is 16.2. The highest BCUT2D eigenvalue weighted by Gasteiger charge is 2.52. The van der Waals surface area contributed by atoms with Crippen LogP contribution in [-0.2, 0) is 15.1 Å². The van der Waals surface area contributed by atoms with Crippen molar-refractivity contribution in [2.45, 2.75) is 51.0 Å². The molecule has 1 heterocycles. The normalized spacial score (nSPS) is 24.3. The van der Waals surface area contributed by atoms with Crippen molar-refractivity contribution in [1.82, 2.24) is 15.8 Å². The van der Waals surface area contributed by atoms with Crippen molar-refractivity contribution in [3.63, 3.8) is 0 Å². The van der Waals surface area contributed by atoms with Crippen molar-refractivity contribution >= 4 is 17.8 Å². The fourth-order valence-electron chi connectivity index (χ4n) is 3.69. The van der Waals surface area contributed by atoms with Crippen LogP contribution in [0.3, 0.4) is 0 Å². The van der Waals surface area contributed by atoms with Gasteiger partial charge < -0.3 is 5.32 Å². The first-order valence-corrected chi connectivity index (χ1v) is 8.58. The second-order valence-corrected chi connectivity index (χ2v) is 6.59. The van der Waals surface area contributed by atoms with E-state index in [4.69, 9.17) is 0 Å². The predicted octanol–water partition coefficient (Wildman–Crippen LogP) is 2.46. The first-order chi connectivity index (χ1) is 11.6. The average molecular weight is 329 g/mol. The number of rotatable bonds is 5. The number of amides is 4. The molecule has 2 aliphatic rings. The Kier molecular flexibility index (Phi) is 4.55. The molecule has 1 saturated carbocycles. The van der Waals surface area contributed by atoms with Gasteiger partial charge in [-0.2, -0.15) is 5.01 Å². The second-order valence-electron chi connectivity index (χ2n) is 6.59. The quantitative estimate of drug-likeness (QED) is 0.815. The first-order valence-electron chi connectivity index (χ1n) is 8.58. The van der Waals surface area contributed by atoms with E-state index in [0.717, 1.165) is 36.3 Å². The second kappa shape index (κ2) is 6.63. The maximum absolute atomic E-state index is 12.9. The zero-order valence-electron chi connectivity index (χ0n) is 13.9. The molecular formula is C18H23N3O3. The number of nitrogens with zero attached hydrogens (tertiary/aromatic N) is 1. The molecule has 1 saturated heterocycles. The van der Waals surface area contributed by atoms with Gasteiger partial charge in [-0.25, -0.2) is 4.79 Å². The molecule has 2 fully saturated rings. The smallest absolute Gasteiger partial charge is 0.318 e. The summed E-state index contributed by atoms with van der Waals surface area (Å²) < 4.78 is 0. The summed E-state index contributed by atoms with van der Waals surface area (Å²) >= 11 is 0. The van der Waals surface area contributed by atoms with E-state index in [2.05, 4.69) is 10.7 Å². The lowest BCUT2D eigenvalue weighted by Crippen LogP contribution is -2.48. The third-order valence-corrected chi connectivity index (χ3v) is 5.07. The van der Waals surface area contributed by atoms with Crippen LogP contribution >= 0.6 is 0 Å². The summed E-state index contributed by atoms with van der Waals surface area (Å²) in [6.07, 6.45) is 5.15. The van der Waals surface area contributed by atoms with E-state index in [1.54, 1.807) is 0 Å². The summed E-state index contributed by atoms with van der Waals surface area (Å²) in [6, 6.07) is 8.55. The summed E-state index contributed by atoms with van der Waals surface area (Å²) in [5.41, 5.74) is 2.11. The molecule has 128 valence electrons. The van der Waals surface area contributed by atoms with Gasteiger partial charge in [0.1, 0.15) is 5.54 Å². The fraction of sp³-hybridized carbons (Fsp3) is 0.500. The van der Waals surface area contributed by atoms with Crippen molar-refractivity contribution in [3.8, 4) is 0 Å². The van der Waals surface area contributed by atoms with Crippen molar-refractivity contribution in [2.75, 3.05) is 0 Å². The summed E-state index contributed by atoms with van der Waals surface area (Å²) in [5, 5.41) is 3.60. The van der Waals surface area contributed by atoms with Crippen LogP contribution in [-0.4, -0.2) is 22.9 Å². The van der Waals surface area contributed by atoms with Crippen LogP contribution in [0.4, 0.5) is 4.79 Å². The van der Waals surface area contributed by atoms with E-state index in [9.17, 15) is 14.4 Å². The molecule has 2 N–H and O–H groups in total. The van der Waals surface area contributed by atoms with E-state index in [1.165, 1.54) is 0 Å². The summed E-state index contributed by atoms with van der Waals surface area (Å²) in [7, 11) is 0. The molecule has 0 bridgehead atoms. The molecule has 24 heavy (non-hydrogen) atoms. The number of nitrogens with one attached hydrogen (secondary N) is 2. The van der Waals surface area contributed by atoms with Crippen LogP contribution in [0.25, 0.3) is 0 Å². The lowest BCUT2D eigenvalue weighted by atomic mass is 9.87. The third kappa shape index (κ3) is 2.88. The Bertz CT molecular complexity index is 640. The van der Waals surface area contributed by atoms with Crippen LogP contribution in [0.1, 0.15) is 51.0 Å². The lowest BCUT2D eigenvalue weighted by molar-refractivity contribution is -0.139. The van der Waals surface area contributed by atoms with Gasteiger partial charge in [-0.1, -0.05) is 50.1 Å². The summed E-state index contributed by atoms with van der Waals surface area (Å²) in [4.78, 5) is 37.4. The molecule has 0 unspecified atom stereocenters. The van der Waals surface area contributed by atoms with Gasteiger partial charge >= 0.3 is 6.03 Å². The molecule has 6 heteroatoms. The minimum Gasteiger partial charge on any atom is -0.318 e. The van der Waals surface area contributed by atoms with Crippen molar-refractivity contribution < 1.29 is 14.4 Å². The van der Waals surface area contributed by atoms with Crippen molar-refractivity contribution in [2.24, 2.45) is 5.92 Å². The summed E-state index contributed by atoms with van der Waals surface area (Å²) in [5.74, 6) is -0.345. The molecule has 1 aliphatic carbocycles. The van der Waals surface area contributed by atoms with E-state index >= 15 is 0 Å². The van der Waals surface area contributed by atoms with Gasteiger partial charge in [-0.05, 0) is 30.7 Å². The van der Waals surface area contributed by atoms with E-state index in [1.807, 2.05) is 37.3 Å². The monoisotopic (exact) mass is 329 g/mol. The predicted molar refractivity (Wildman–Crippen MR) is 88.5 cm³/mol. The number of carbonyl (C=O) groups excluding carboxylic acids is 3. The molecule has 1 aromatic rings. The largest absolute Gasteiger partial charge is 0.344 e. The minimum atomic E-state index is -1.11. The number of hydrogen-bond acceptors (Lipinski definition) is 3. The minimum absolute atomic E-state index is 0.273. The zero-order valence-corrected chi connectivity index (χ0v) is 13.9. The molecular weight excluding hydrogens is 306 g/mol. The Morgan fingerprint density at radius 2 is 1.92 bits per heavy atom. The molecule has 1 aromatic carbocycles. The number of hydrazine groups is 1. The standard InChI is InChI=1S/C18H23N3O3/c1-2-18(14-10-4-3-5-11-14)16(23)21(17(24)19-18)20-15(22)12-13-8-6-7-9-13/h3-5,10-11,13H,2,6-9,12H2,1H3,(H,19,24)(H,20,22)/t18-/m1/s1. The Morgan fingerprint density at radius 3 is 2.54 bits per heavy atom. The third-order valence-electron chi connectivity index (χ3n) is 5.07. The number of benzene rings is 1. The molecule has 6 nitrogen and oxygen atoms in total. The van der Waals surface area contributed by atoms with Crippen LogP contribution in [0.5, 0.6) is 0 Å². The molecule has 1 aliphatic heterocycles. The molecule has 1 atom stereocenters. The summed E-state index contributed by atoms with van der Waals surface area (Å²) in [6.45, 7) is 1.84. The van der Waals surface area contributed by atoms with Crippen LogP contribution in [0, 0.1) is 5.92 Å². The van der Waals surface area contributed by atoms with Crippen molar-refractivity contribution in [3.05, 3.63) is 35.9 Å². The van der Waals surface area contributed by atoms with Crippen LogP contribution < -0.4 is 10.7 Å². The molecule has 0 radical (unpaired) electrons. The van der Waals surface area contributed by atoms with Gasteiger partial charge in [0.15, 0.2) is 0 Å². The van der Waals surface area contributed by atoms with Gasteiger partial charge in [0.25, 0.3) is 5.91 Å². The lowest BCUT2D eigenvalue weighted by Gasteiger charge is -2.25. The van der Waals surface area contributed by atoms with Crippen LogP contribution in [0.15, 0.2) is 30.3 Å². The maximum Gasteiger partial charge on any atom is 0.344 e. The first kappa shape index (κ1) is 16.5. The zero-order chi connectivity index (χ0) is 17.2. The fourth-order valence-corrected chi connectivity index (χ4v) is 3.69. The van der Waals surface area contributed by atoms with Gasteiger partial charge in [0, 0.05) is 6.42 Å². The molecule has 0 spiro atoms. The Labute approximate surface area is 141 Å². The van der Waals surface area contributed by atoms with E-state index in [0.29, 0.717) is 18.8 Å². The average Bonchev–Trinajstić information content (AvgIpc) is 3.18. The molecule has 3 rings (SSSR count). The van der Waals surface area contributed by atoms with Gasteiger partial charge in [-0.15, -0.1) is 0 Å². The molecule has 4 amide bonds. The van der Waals surface area contributed by atoms with E-state index < -0.39 is 17.5 Å².